The van der Waals surface area contributed by atoms with Gasteiger partial charge in [-0.05, 0) is 26.2 Å². The summed E-state index contributed by atoms with van der Waals surface area (Å²) < 4.78 is 50.4. The zero-order valence-corrected chi connectivity index (χ0v) is 17.4. The van der Waals surface area contributed by atoms with E-state index in [0.717, 1.165) is 0 Å². The second kappa shape index (κ2) is 9.30. The van der Waals surface area contributed by atoms with Crippen molar-refractivity contribution in [2.24, 2.45) is 5.73 Å². The maximum Gasteiger partial charge on any atom is 0.403 e. The van der Waals surface area contributed by atoms with Gasteiger partial charge >= 0.3 is 6.18 Å². The SMILES string of the molecule is CC(N)[Si](C)(C)OCSCNC(C(F)(F)F)[Si](C)(C)OCS. The van der Waals surface area contributed by atoms with Crippen molar-refractivity contribution in [3.8, 4) is 0 Å². The topological polar surface area (TPSA) is 56.5 Å². The summed E-state index contributed by atoms with van der Waals surface area (Å²) in [5, 5.41) is 2.55. The van der Waals surface area contributed by atoms with Crippen LogP contribution in [-0.4, -0.2) is 51.9 Å². The minimum atomic E-state index is -4.35. The minimum absolute atomic E-state index is 0.0160. The molecule has 0 saturated carbocycles. The third-order valence-corrected chi connectivity index (χ3v) is 10.6. The van der Waals surface area contributed by atoms with E-state index in [1.165, 1.54) is 24.9 Å². The molecule has 0 bridgehead atoms. The van der Waals surface area contributed by atoms with Crippen LogP contribution in [0.1, 0.15) is 6.92 Å². The standard InChI is InChI=1S/C11H27F3N2O2S2Si2/c1-9(15)21(2,3)18-8-20-6-16-10(11(12,13)14)22(4,5)17-7-19/h9-10,16,19H,6-8,15H2,1-5H3. The van der Waals surface area contributed by atoms with E-state index in [2.05, 4.69) is 17.9 Å². The third kappa shape index (κ3) is 8.04. The van der Waals surface area contributed by atoms with Gasteiger partial charge in [0.2, 0.25) is 16.6 Å². The molecular formula is C11H27F3N2O2S2Si2. The molecule has 0 spiro atoms. The molecule has 0 saturated heterocycles. The lowest BCUT2D eigenvalue weighted by molar-refractivity contribution is -0.140. The van der Waals surface area contributed by atoms with Gasteiger partial charge in [0.15, 0.2) is 0 Å². The summed E-state index contributed by atoms with van der Waals surface area (Å²) in [6, 6.07) is 0. The van der Waals surface area contributed by atoms with Gasteiger partial charge in [-0.3, -0.25) is 5.32 Å². The molecule has 0 aromatic carbocycles. The van der Waals surface area contributed by atoms with E-state index in [4.69, 9.17) is 14.6 Å². The Bertz CT molecular complexity index is 335. The maximum absolute atomic E-state index is 13.2. The van der Waals surface area contributed by atoms with Crippen molar-refractivity contribution in [1.29, 1.82) is 0 Å². The molecule has 0 heterocycles. The number of nitrogens with one attached hydrogen (secondary N) is 1. The molecule has 0 aromatic rings. The van der Waals surface area contributed by atoms with Crippen LogP contribution in [0.2, 0.25) is 26.2 Å². The van der Waals surface area contributed by atoms with Crippen molar-refractivity contribution in [1.82, 2.24) is 5.32 Å². The van der Waals surface area contributed by atoms with Crippen molar-refractivity contribution in [2.45, 2.75) is 50.6 Å². The Balaban J connectivity index is 4.39. The van der Waals surface area contributed by atoms with Gasteiger partial charge in [0, 0.05) is 11.5 Å². The molecule has 11 heteroatoms. The number of thioether (sulfide) groups is 1. The molecule has 22 heavy (non-hydrogen) atoms. The van der Waals surface area contributed by atoms with Gasteiger partial charge in [-0.15, -0.1) is 11.8 Å². The highest BCUT2D eigenvalue weighted by atomic mass is 32.2. The van der Waals surface area contributed by atoms with Crippen LogP contribution in [0.15, 0.2) is 0 Å². The van der Waals surface area contributed by atoms with Gasteiger partial charge in [-0.2, -0.15) is 25.8 Å². The van der Waals surface area contributed by atoms with E-state index in [1.807, 2.05) is 20.0 Å². The van der Waals surface area contributed by atoms with Crippen LogP contribution in [-0.2, 0) is 8.85 Å². The van der Waals surface area contributed by atoms with Crippen molar-refractivity contribution in [2.75, 3.05) is 17.8 Å². The quantitative estimate of drug-likeness (QED) is 0.229. The number of hydrogen-bond donors (Lipinski definition) is 3. The van der Waals surface area contributed by atoms with Gasteiger partial charge in [-0.25, -0.2) is 0 Å². The molecular weight excluding hydrogens is 369 g/mol. The number of nitrogens with two attached hydrogens (primary N) is 1. The number of thiol groups is 1. The smallest absolute Gasteiger partial charge is 0.403 e. The highest BCUT2D eigenvalue weighted by Crippen LogP contribution is 2.28. The van der Waals surface area contributed by atoms with Crippen LogP contribution >= 0.6 is 24.4 Å². The molecule has 0 aliphatic heterocycles. The maximum atomic E-state index is 13.2. The summed E-state index contributed by atoms with van der Waals surface area (Å²) in [6.45, 7) is 8.92. The van der Waals surface area contributed by atoms with Crippen molar-refractivity contribution in [3.63, 3.8) is 0 Å². The third-order valence-electron chi connectivity index (χ3n) is 3.46. The first-order valence-electron chi connectivity index (χ1n) is 6.87. The van der Waals surface area contributed by atoms with Crippen molar-refractivity contribution >= 4 is 41.0 Å². The van der Waals surface area contributed by atoms with Gasteiger partial charge in [0.25, 0.3) is 0 Å². The normalized spacial score (nSPS) is 16.6. The van der Waals surface area contributed by atoms with Gasteiger partial charge in [0.1, 0.15) is 5.67 Å². The largest absolute Gasteiger partial charge is 0.407 e. The average molecular weight is 397 g/mol. The summed E-state index contributed by atoms with van der Waals surface area (Å²) in [5.74, 6) is 0.450. The van der Waals surface area contributed by atoms with E-state index in [0.29, 0.717) is 5.94 Å². The molecule has 0 aliphatic carbocycles. The Kier molecular flexibility index (Phi) is 9.62. The molecule has 0 aliphatic rings. The first kappa shape index (κ1) is 22.8. The molecule has 0 amide bonds. The average Bonchev–Trinajstić information content (AvgIpc) is 2.31. The van der Waals surface area contributed by atoms with Crippen LogP contribution in [0.4, 0.5) is 13.2 Å². The first-order valence-corrected chi connectivity index (χ1v) is 14.6. The minimum Gasteiger partial charge on any atom is -0.407 e. The number of alkyl halides is 3. The summed E-state index contributed by atoms with van der Waals surface area (Å²) in [7, 11) is -4.92. The first-order chi connectivity index (χ1) is 9.84. The highest BCUT2D eigenvalue weighted by Gasteiger charge is 2.51. The lowest BCUT2D eigenvalue weighted by Crippen LogP contribution is -2.60. The summed E-state index contributed by atoms with van der Waals surface area (Å²) in [5.41, 5.74) is 4.16. The summed E-state index contributed by atoms with van der Waals surface area (Å²) >= 11 is 5.13. The Hall–Kier alpha value is 0.764. The molecule has 0 rings (SSSR count). The summed E-state index contributed by atoms with van der Waals surface area (Å²) in [4.78, 5) is 0. The van der Waals surface area contributed by atoms with Crippen LogP contribution in [0.5, 0.6) is 0 Å². The molecule has 4 nitrogen and oxygen atoms in total. The van der Waals surface area contributed by atoms with Gasteiger partial charge < -0.3 is 14.6 Å². The van der Waals surface area contributed by atoms with Gasteiger partial charge in [0.05, 0.1) is 11.9 Å². The number of hydrogen-bond acceptors (Lipinski definition) is 6. The Morgan fingerprint density at radius 2 is 1.73 bits per heavy atom. The monoisotopic (exact) mass is 396 g/mol. The van der Waals surface area contributed by atoms with E-state index < -0.39 is 28.5 Å². The van der Waals surface area contributed by atoms with Gasteiger partial charge in [-0.1, -0.05) is 6.92 Å². The molecule has 0 radical (unpaired) electrons. The fourth-order valence-corrected chi connectivity index (χ4v) is 6.72. The Morgan fingerprint density at radius 3 is 2.14 bits per heavy atom. The summed E-state index contributed by atoms with van der Waals surface area (Å²) in [6.07, 6.45) is -4.35. The molecule has 134 valence electrons. The molecule has 2 atom stereocenters. The fourth-order valence-electron chi connectivity index (χ4n) is 1.51. The zero-order chi connectivity index (χ0) is 17.6. The molecule has 3 N–H and O–H groups in total. The second-order valence-corrected chi connectivity index (χ2v) is 15.7. The highest BCUT2D eigenvalue weighted by molar-refractivity contribution is 7.99. The van der Waals surface area contributed by atoms with Crippen LogP contribution in [0.3, 0.4) is 0 Å². The van der Waals surface area contributed by atoms with Crippen molar-refractivity contribution < 1.29 is 22.0 Å². The molecule has 2 unspecified atom stereocenters. The van der Waals surface area contributed by atoms with E-state index in [1.54, 1.807) is 0 Å². The second-order valence-electron chi connectivity index (χ2n) is 6.06. The predicted octanol–water partition coefficient (Wildman–Crippen LogP) is 2.91. The number of rotatable bonds is 10. The Labute approximate surface area is 142 Å². The van der Waals surface area contributed by atoms with Crippen LogP contribution < -0.4 is 11.1 Å². The molecule has 0 fully saturated rings. The predicted molar refractivity (Wildman–Crippen MR) is 94.9 cm³/mol. The zero-order valence-electron chi connectivity index (χ0n) is 13.7. The van der Waals surface area contributed by atoms with Crippen molar-refractivity contribution in [3.05, 3.63) is 0 Å². The van der Waals surface area contributed by atoms with E-state index in [9.17, 15) is 13.2 Å². The van der Waals surface area contributed by atoms with Crippen LogP contribution in [0.25, 0.3) is 0 Å². The van der Waals surface area contributed by atoms with Crippen LogP contribution in [0, 0.1) is 0 Å². The molecule has 0 aromatic heterocycles. The lowest BCUT2D eigenvalue weighted by Gasteiger charge is -2.33. The van der Waals surface area contributed by atoms with E-state index >= 15 is 0 Å². The Morgan fingerprint density at radius 1 is 1.18 bits per heavy atom. The lowest BCUT2D eigenvalue weighted by atomic mass is 10.6. The number of halogens is 3. The van der Waals surface area contributed by atoms with E-state index in [-0.39, 0.29) is 17.5 Å². The fraction of sp³-hybridized carbons (Fsp3) is 1.00.